The van der Waals surface area contributed by atoms with Gasteiger partial charge in [0.05, 0.1) is 17.0 Å². The van der Waals surface area contributed by atoms with E-state index >= 15 is 0 Å². The number of para-hydroxylation sites is 1. The van der Waals surface area contributed by atoms with Crippen LogP contribution < -0.4 is 4.72 Å². The molecule has 19 heavy (non-hydrogen) atoms. The Balaban J connectivity index is 3.02. The minimum absolute atomic E-state index is 0.0158. The van der Waals surface area contributed by atoms with Crippen molar-refractivity contribution in [3.63, 3.8) is 0 Å². The zero-order chi connectivity index (χ0) is 14.6. The van der Waals surface area contributed by atoms with E-state index in [4.69, 9.17) is 5.11 Å². The summed E-state index contributed by atoms with van der Waals surface area (Å²) in [6.07, 6.45) is 0.531. The number of rotatable bonds is 6. The topological polar surface area (TPSA) is 83.5 Å². The summed E-state index contributed by atoms with van der Waals surface area (Å²) < 4.78 is 26.2. The number of carbonyl (C=O) groups is 1. The maximum absolute atomic E-state index is 11.9. The zero-order valence-electron chi connectivity index (χ0n) is 11.3. The minimum Gasteiger partial charge on any atom is -0.478 e. The van der Waals surface area contributed by atoms with Crippen molar-refractivity contribution < 1.29 is 18.3 Å². The maximum Gasteiger partial charge on any atom is 0.337 e. The molecular formula is C13H19NO4S. The Morgan fingerprint density at radius 1 is 1.37 bits per heavy atom. The number of sulfonamides is 1. The van der Waals surface area contributed by atoms with Gasteiger partial charge in [0, 0.05) is 0 Å². The van der Waals surface area contributed by atoms with Gasteiger partial charge in [-0.1, -0.05) is 26.0 Å². The van der Waals surface area contributed by atoms with Crippen LogP contribution in [0.15, 0.2) is 18.2 Å². The highest BCUT2D eigenvalue weighted by Gasteiger charge is 2.18. The molecule has 1 aromatic carbocycles. The van der Waals surface area contributed by atoms with Gasteiger partial charge in [-0.3, -0.25) is 4.72 Å². The van der Waals surface area contributed by atoms with Gasteiger partial charge in [0.15, 0.2) is 0 Å². The fourth-order valence-electron chi connectivity index (χ4n) is 1.58. The van der Waals surface area contributed by atoms with Gasteiger partial charge in [-0.2, -0.15) is 0 Å². The first-order valence-electron chi connectivity index (χ1n) is 6.06. The maximum atomic E-state index is 11.9. The van der Waals surface area contributed by atoms with Crippen molar-refractivity contribution in [1.29, 1.82) is 0 Å². The van der Waals surface area contributed by atoms with Crippen LogP contribution in [0.3, 0.4) is 0 Å². The highest BCUT2D eigenvalue weighted by Crippen LogP contribution is 2.22. The molecule has 0 aliphatic carbocycles. The second-order valence-corrected chi connectivity index (χ2v) is 6.75. The molecule has 106 valence electrons. The molecule has 0 atom stereocenters. The fourth-order valence-corrected chi connectivity index (χ4v) is 3.04. The van der Waals surface area contributed by atoms with Gasteiger partial charge in [-0.15, -0.1) is 0 Å². The van der Waals surface area contributed by atoms with Gasteiger partial charge in [0.1, 0.15) is 0 Å². The van der Waals surface area contributed by atoms with Crippen molar-refractivity contribution in [2.45, 2.75) is 27.2 Å². The lowest BCUT2D eigenvalue weighted by atomic mass is 10.1. The van der Waals surface area contributed by atoms with Crippen molar-refractivity contribution in [3.05, 3.63) is 29.3 Å². The number of anilines is 1. The molecule has 5 nitrogen and oxygen atoms in total. The van der Waals surface area contributed by atoms with Gasteiger partial charge < -0.3 is 5.11 Å². The molecule has 0 aromatic heterocycles. The van der Waals surface area contributed by atoms with Crippen molar-refractivity contribution in [3.8, 4) is 0 Å². The lowest BCUT2D eigenvalue weighted by Crippen LogP contribution is -2.20. The minimum atomic E-state index is -3.52. The summed E-state index contributed by atoms with van der Waals surface area (Å²) in [5.41, 5.74) is 0.708. The number of carboxylic acid groups (broad SMARTS) is 1. The molecule has 0 spiro atoms. The Morgan fingerprint density at radius 3 is 2.53 bits per heavy atom. The Morgan fingerprint density at radius 2 is 2.00 bits per heavy atom. The van der Waals surface area contributed by atoms with Crippen LogP contribution >= 0.6 is 0 Å². The molecule has 1 aromatic rings. The molecule has 0 heterocycles. The average Bonchev–Trinajstić information content (AvgIpc) is 2.29. The van der Waals surface area contributed by atoms with Gasteiger partial charge in [0.2, 0.25) is 10.0 Å². The van der Waals surface area contributed by atoms with E-state index < -0.39 is 16.0 Å². The number of aryl methyl sites for hydroxylation is 1. The Hall–Kier alpha value is -1.56. The summed E-state index contributed by atoms with van der Waals surface area (Å²) in [6.45, 7) is 5.55. The summed E-state index contributed by atoms with van der Waals surface area (Å²) in [7, 11) is -3.52. The van der Waals surface area contributed by atoms with Crippen LogP contribution in [0, 0.1) is 12.8 Å². The predicted octanol–water partition coefficient (Wildman–Crippen LogP) is 2.48. The second kappa shape index (κ2) is 6.06. The first kappa shape index (κ1) is 15.5. The molecule has 0 saturated carbocycles. The SMILES string of the molecule is Cc1cccc(C(=O)O)c1NS(=O)(=O)CCC(C)C. The van der Waals surface area contributed by atoms with Crippen LogP contribution in [0.1, 0.15) is 36.2 Å². The van der Waals surface area contributed by atoms with E-state index in [1.54, 1.807) is 19.1 Å². The van der Waals surface area contributed by atoms with Crippen LogP contribution in [0.2, 0.25) is 0 Å². The summed E-state index contributed by atoms with van der Waals surface area (Å²) in [4.78, 5) is 11.1. The Labute approximate surface area is 113 Å². The molecule has 0 aliphatic rings. The van der Waals surface area contributed by atoms with Crippen LogP contribution in [-0.2, 0) is 10.0 Å². The number of benzene rings is 1. The molecule has 0 unspecified atom stereocenters. The molecule has 2 N–H and O–H groups in total. The molecule has 0 fully saturated rings. The molecule has 6 heteroatoms. The third-order valence-electron chi connectivity index (χ3n) is 2.72. The number of hydrogen-bond acceptors (Lipinski definition) is 3. The third-order valence-corrected chi connectivity index (χ3v) is 4.01. The van der Waals surface area contributed by atoms with E-state index in [2.05, 4.69) is 4.72 Å². The first-order valence-corrected chi connectivity index (χ1v) is 7.71. The Bertz CT molecular complexity index is 564. The van der Waals surface area contributed by atoms with E-state index in [-0.39, 0.29) is 22.9 Å². The molecule has 1 rings (SSSR count). The summed E-state index contributed by atoms with van der Waals surface area (Å²) >= 11 is 0. The summed E-state index contributed by atoms with van der Waals surface area (Å²) in [5.74, 6) is -0.893. The number of aromatic carboxylic acids is 1. The second-order valence-electron chi connectivity index (χ2n) is 4.91. The number of carboxylic acids is 1. The summed E-state index contributed by atoms with van der Waals surface area (Å²) in [5, 5.41) is 9.07. The Kier molecular flexibility index (Phi) is 4.94. The number of hydrogen-bond donors (Lipinski definition) is 2. The van der Waals surface area contributed by atoms with Gasteiger partial charge in [-0.25, -0.2) is 13.2 Å². The summed E-state index contributed by atoms with van der Waals surface area (Å²) in [6, 6.07) is 4.65. The first-order chi connectivity index (χ1) is 8.73. The largest absolute Gasteiger partial charge is 0.478 e. The van der Waals surface area contributed by atoms with Gasteiger partial charge >= 0.3 is 5.97 Å². The van der Waals surface area contributed by atoms with Crippen LogP contribution in [0.25, 0.3) is 0 Å². The highest BCUT2D eigenvalue weighted by molar-refractivity contribution is 7.92. The van der Waals surface area contributed by atoms with E-state index in [1.807, 2.05) is 13.8 Å². The fraction of sp³-hybridized carbons (Fsp3) is 0.462. The smallest absolute Gasteiger partial charge is 0.337 e. The molecule has 0 amide bonds. The highest BCUT2D eigenvalue weighted by atomic mass is 32.2. The molecule has 0 bridgehead atoms. The normalized spacial score (nSPS) is 11.6. The van der Waals surface area contributed by atoms with E-state index in [9.17, 15) is 13.2 Å². The van der Waals surface area contributed by atoms with E-state index in [1.165, 1.54) is 6.07 Å². The number of nitrogens with one attached hydrogen (secondary N) is 1. The molecule has 0 radical (unpaired) electrons. The monoisotopic (exact) mass is 285 g/mol. The van der Waals surface area contributed by atoms with Crippen molar-refractivity contribution in [2.24, 2.45) is 5.92 Å². The lowest BCUT2D eigenvalue weighted by molar-refractivity contribution is 0.0698. The quantitative estimate of drug-likeness (QED) is 0.841. The van der Waals surface area contributed by atoms with E-state index in [0.29, 0.717) is 12.0 Å². The predicted molar refractivity (Wildman–Crippen MR) is 75.0 cm³/mol. The molecular weight excluding hydrogens is 266 g/mol. The van der Waals surface area contributed by atoms with Crippen LogP contribution in [0.5, 0.6) is 0 Å². The molecule has 0 saturated heterocycles. The van der Waals surface area contributed by atoms with Crippen molar-refractivity contribution in [1.82, 2.24) is 0 Å². The van der Waals surface area contributed by atoms with Crippen LogP contribution in [0.4, 0.5) is 5.69 Å². The van der Waals surface area contributed by atoms with Crippen LogP contribution in [-0.4, -0.2) is 25.2 Å². The van der Waals surface area contributed by atoms with Crippen molar-refractivity contribution >= 4 is 21.7 Å². The van der Waals surface area contributed by atoms with Gasteiger partial charge in [-0.05, 0) is 30.9 Å². The van der Waals surface area contributed by atoms with E-state index in [0.717, 1.165) is 0 Å². The van der Waals surface area contributed by atoms with Crippen molar-refractivity contribution in [2.75, 3.05) is 10.5 Å². The molecule has 0 aliphatic heterocycles. The van der Waals surface area contributed by atoms with Gasteiger partial charge in [0.25, 0.3) is 0 Å². The average molecular weight is 285 g/mol. The lowest BCUT2D eigenvalue weighted by Gasteiger charge is -2.13. The zero-order valence-corrected chi connectivity index (χ0v) is 12.1. The third kappa shape index (κ3) is 4.55. The standard InChI is InChI=1S/C13H19NO4S/c1-9(2)7-8-19(17,18)14-12-10(3)5-4-6-11(12)13(15)16/h4-6,9,14H,7-8H2,1-3H3,(H,15,16).